The highest BCUT2D eigenvalue weighted by atomic mass is 19.4. The topological polar surface area (TPSA) is 43.1 Å². The van der Waals surface area contributed by atoms with Crippen LogP contribution in [-0.4, -0.2) is 5.78 Å². The molecule has 0 unspecified atom stereocenters. The number of hydrogen-bond donors (Lipinski definition) is 1. The van der Waals surface area contributed by atoms with Crippen molar-refractivity contribution in [2.75, 3.05) is 5.73 Å². The number of halogens is 3. The number of carbonyl (C=O) groups excluding carboxylic acids is 1. The number of anilines is 1. The summed E-state index contributed by atoms with van der Waals surface area (Å²) in [6.07, 6.45) is -4.26. The number of ketones is 1. The molecule has 0 fully saturated rings. The summed E-state index contributed by atoms with van der Waals surface area (Å²) in [5.74, 6) is -0.233. The van der Waals surface area contributed by atoms with Crippen molar-refractivity contribution in [1.29, 1.82) is 0 Å². The molecule has 0 spiro atoms. The minimum Gasteiger partial charge on any atom is -0.399 e. The van der Waals surface area contributed by atoms with Crippen LogP contribution in [0.2, 0.25) is 0 Å². The Labute approximate surface area is 114 Å². The van der Waals surface area contributed by atoms with Gasteiger partial charge in [0.25, 0.3) is 0 Å². The third kappa shape index (κ3) is 3.38. The number of nitrogens with two attached hydrogens (primary N) is 1. The van der Waals surface area contributed by atoms with Gasteiger partial charge in [0, 0.05) is 17.7 Å². The summed E-state index contributed by atoms with van der Waals surface area (Å²) in [5, 5.41) is 0. The number of carbonyl (C=O) groups is 1. The Hall–Kier alpha value is -2.30. The molecule has 0 aliphatic heterocycles. The second kappa shape index (κ2) is 5.36. The molecule has 2 nitrogen and oxygen atoms in total. The van der Waals surface area contributed by atoms with Crippen molar-refractivity contribution in [2.45, 2.75) is 12.6 Å². The van der Waals surface area contributed by atoms with E-state index in [1.807, 2.05) is 0 Å². The summed E-state index contributed by atoms with van der Waals surface area (Å²) in [5.41, 5.74) is 6.39. The van der Waals surface area contributed by atoms with Crippen molar-refractivity contribution in [1.82, 2.24) is 0 Å². The summed E-state index contributed by atoms with van der Waals surface area (Å²) < 4.78 is 37.2. The van der Waals surface area contributed by atoms with E-state index in [0.717, 1.165) is 17.7 Å². The van der Waals surface area contributed by atoms with Gasteiger partial charge in [0.05, 0.1) is 5.56 Å². The maximum atomic E-state index is 12.4. The number of benzene rings is 2. The van der Waals surface area contributed by atoms with Gasteiger partial charge < -0.3 is 5.73 Å². The van der Waals surface area contributed by atoms with Crippen LogP contribution < -0.4 is 5.73 Å². The van der Waals surface area contributed by atoms with E-state index in [1.165, 1.54) is 12.1 Å². The van der Waals surface area contributed by atoms with Crippen LogP contribution in [0.25, 0.3) is 0 Å². The summed E-state index contributed by atoms with van der Waals surface area (Å²) in [4.78, 5) is 11.9. The molecule has 2 N–H and O–H groups in total. The fourth-order valence-electron chi connectivity index (χ4n) is 1.77. The molecule has 0 atom stereocenters. The Bertz CT molecular complexity index is 601. The van der Waals surface area contributed by atoms with Crippen molar-refractivity contribution in [2.24, 2.45) is 0 Å². The van der Waals surface area contributed by atoms with Crippen LogP contribution in [0.1, 0.15) is 21.5 Å². The van der Waals surface area contributed by atoms with E-state index >= 15 is 0 Å². The van der Waals surface area contributed by atoms with Crippen LogP contribution in [0.4, 0.5) is 18.9 Å². The maximum Gasteiger partial charge on any atom is 0.416 e. The molecule has 0 aliphatic carbocycles. The first-order valence-electron chi connectivity index (χ1n) is 5.91. The Morgan fingerprint density at radius 2 is 1.50 bits per heavy atom. The minimum absolute atomic E-state index is 0.131. The molecule has 2 rings (SSSR count). The van der Waals surface area contributed by atoms with Crippen LogP contribution >= 0.6 is 0 Å². The number of nitrogen functional groups attached to an aromatic ring is 1. The van der Waals surface area contributed by atoms with Crippen LogP contribution in [0.3, 0.4) is 0 Å². The normalized spacial score (nSPS) is 11.3. The zero-order valence-electron chi connectivity index (χ0n) is 10.4. The lowest BCUT2D eigenvalue weighted by Gasteiger charge is -2.07. The van der Waals surface area contributed by atoms with Gasteiger partial charge >= 0.3 is 6.18 Å². The SMILES string of the molecule is Nc1ccc(CC(=O)c2ccc(C(F)(F)F)cc2)cc1. The molecule has 20 heavy (non-hydrogen) atoms. The third-order valence-electron chi connectivity index (χ3n) is 2.88. The first-order valence-corrected chi connectivity index (χ1v) is 5.91. The fraction of sp³-hybridized carbons (Fsp3) is 0.133. The molecule has 0 saturated carbocycles. The summed E-state index contributed by atoms with van der Waals surface area (Å²) in [6, 6.07) is 11.0. The van der Waals surface area contributed by atoms with Gasteiger partial charge in [-0.2, -0.15) is 13.2 Å². The number of hydrogen-bond acceptors (Lipinski definition) is 2. The van der Waals surface area contributed by atoms with E-state index in [9.17, 15) is 18.0 Å². The molecule has 2 aromatic carbocycles. The molecule has 0 heterocycles. The molecule has 0 bridgehead atoms. The standard InChI is InChI=1S/C15H12F3NO/c16-15(17,18)12-5-3-11(4-6-12)14(20)9-10-1-7-13(19)8-2-10/h1-8H,9,19H2. The van der Waals surface area contributed by atoms with Gasteiger partial charge in [-0.1, -0.05) is 24.3 Å². The van der Waals surface area contributed by atoms with E-state index in [4.69, 9.17) is 5.73 Å². The molecule has 0 aromatic heterocycles. The van der Waals surface area contributed by atoms with Gasteiger partial charge in [0.15, 0.2) is 5.78 Å². The lowest BCUT2D eigenvalue weighted by molar-refractivity contribution is -0.137. The van der Waals surface area contributed by atoms with Crippen LogP contribution in [0.5, 0.6) is 0 Å². The Morgan fingerprint density at radius 3 is 2.00 bits per heavy atom. The van der Waals surface area contributed by atoms with Crippen molar-refractivity contribution in [3.63, 3.8) is 0 Å². The molecule has 104 valence electrons. The van der Waals surface area contributed by atoms with Crippen molar-refractivity contribution in [3.8, 4) is 0 Å². The van der Waals surface area contributed by atoms with E-state index in [0.29, 0.717) is 5.69 Å². The Balaban J connectivity index is 2.11. The third-order valence-corrected chi connectivity index (χ3v) is 2.88. The second-order valence-electron chi connectivity index (χ2n) is 4.42. The van der Waals surface area contributed by atoms with E-state index in [1.54, 1.807) is 24.3 Å². The van der Waals surface area contributed by atoms with Gasteiger partial charge in [-0.25, -0.2) is 0 Å². The monoisotopic (exact) mass is 279 g/mol. The van der Waals surface area contributed by atoms with Gasteiger partial charge in [0.1, 0.15) is 0 Å². The predicted molar refractivity (Wildman–Crippen MR) is 70.3 cm³/mol. The largest absolute Gasteiger partial charge is 0.416 e. The molecule has 0 amide bonds. The van der Waals surface area contributed by atoms with E-state index < -0.39 is 11.7 Å². The lowest BCUT2D eigenvalue weighted by Crippen LogP contribution is -2.07. The summed E-state index contributed by atoms with van der Waals surface area (Å²) in [7, 11) is 0. The highest BCUT2D eigenvalue weighted by Gasteiger charge is 2.30. The van der Waals surface area contributed by atoms with E-state index in [-0.39, 0.29) is 17.8 Å². The zero-order valence-corrected chi connectivity index (χ0v) is 10.4. The quantitative estimate of drug-likeness (QED) is 0.687. The minimum atomic E-state index is -4.39. The summed E-state index contributed by atoms with van der Waals surface area (Å²) in [6.45, 7) is 0. The fourth-order valence-corrected chi connectivity index (χ4v) is 1.77. The highest BCUT2D eigenvalue weighted by Crippen LogP contribution is 2.29. The van der Waals surface area contributed by atoms with Gasteiger partial charge in [-0.3, -0.25) is 4.79 Å². The van der Waals surface area contributed by atoms with Crippen molar-refractivity contribution in [3.05, 3.63) is 65.2 Å². The molecule has 2 aromatic rings. The van der Waals surface area contributed by atoms with Gasteiger partial charge in [0.2, 0.25) is 0 Å². The summed E-state index contributed by atoms with van der Waals surface area (Å²) >= 11 is 0. The molecular formula is C15H12F3NO. The number of alkyl halides is 3. The molecule has 5 heteroatoms. The van der Waals surface area contributed by atoms with Crippen LogP contribution in [-0.2, 0) is 12.6 Å². The van der Waals surface area contributed by atoms with Gasteiger partial charge in [-0.05, 0) is 29.8 Å². The smallest absolute Gasteiger partial charge is 0.399 e. The van der Waals surface area contributed by atoms with Crippen LogP contribution in [0.15, 0.2) is 48.5 Å². The highest BCUT2D eigenvalue weighted by molar-refractivity contribution is 5.97. The lowest BCUT2D eigenvalue weighted by atomic mass is 10.0. The molecule has 0 saturated heterocycles. The Kier molecular flexibility index (Phi) is 3.79. The van der Waals surface area contributed by atoms with Gasteiger partial charge in [-0.15, -0.1) is 0 Å². The number of Topliss-reactive ketones (excluding diaryl/α,β-unsaturated/α-hetero) is 1. The van der Waals surface area contributed by atoms with Crippen LogP contribution in [0, 0.1) is 0 Å². The van der Waals surface area contributed by atoms with Crippen molar-refractivity contribution < 1.29 is 18.0 Å². The molecule has 0 aliphatic rings. The Morgan fingerprint density at radius 1 is 0.950 bits per heavy atom. The maximum absolute atomic E-state index is 12.4. The first-order chi connectivity index (χ1) is 9.36. The van der Waals surface area contributed by atoms with Crippen molar-refractivity contribution >= 4 is 11.5 Å². The first kappa shape index (κ1) is 14.1. The number of rotatable bonds is 3. The molecule has 0 radical (unpaired) electrons. The predicted octanol–water partition coefficient (Wildman–Crippen LogP) is 3.71. The van der Waals surface area contributed by atoms with E-state index in [2.05, 4.69) is 0 Å². The average Bonchev–Trinajstić information content (AvgIpc) is 2.40. The zero-order chi connectivity index (χ0) is 14.8. The molecular weight excluding hydrogens is 267 g/mol. The second-order valence-corrected chi connectivity index (χ2v) is 4.42. The average molecular weight is 279 g/mol.